The Labute approximate surface area is 104 Å². The SMILES string of the molecule is OCCOSC(=S)OCOc1ccccc1. The normalized spacial score (nSPS) is 9.81. The number of aliphatic hydroxyl groups is 1. The molecular weight excluding hydrogens is 248 g/mol. The quantitative estimate of drug-likeness (QED) is 0.365. The largest absolute Gasteiger partial charge is 0.457 e. The number of ether oxygens (including phenoxy) is 2. The smallest absolute Gasteiger partial charge is 0.250 e. The Morgan fingerprint density at radius 3 is 2.75 bits per heavy atom. The Bertz CT molecular complexity index is 305. The summed E-state index contributed by atoms with van der Waals surface area (Å²) < 4.78 is 15.4. The van der Waals surface area contributed by atoms with Crippen LogP contribution in [0.5, 0.6) is 5.75 Å². The molecule has 0 radical (unpaired) electrons. The van der Waals surface area contributed by atoms with E-state index in [1.54, 1.807) is 0 Å². The topological polar surface area (TPSA) is 47.9 Å². The van der Waals surface area contributed by atoms with Gasteiger partial charge in [0.05, 0.1) is 25.3 Å². The van der Waals surface area contributed by atoms with Gasteiger partial charge in [0.2, 0.25) is 6.79 Å². The molecule has 0 saturated heterocycles. The van der Waals surface area contributed by atoms with Gasteiger partial charge in [0.1, 0.15) is 5.75 Å². The van der Waals surface area contributed by atoms with Gasteiger partial charge in [-0.3, -0.25) is 0 Å². The second kappa shape index (κ2) is 8.35. The molecule has 1 aromatic carbocycles. The molecule has 1 aromatic rings. The van der Waals surface area contributed by atoms with E-state index in [2.05, 4.69) is 0 Å². The fourth-order valence-corrected chi connectivity index (χ4v) is 1.36. The van der Waals surface area contributed by atoms with Crippen molar-refractivity contribution in [3.05, 3.63) is 30.3 Å². The van der Waals surface area contributed by atoms with Crippen molar-refractivity contribution in [2.24, 2.45) is 0 Å². The van der Waals surface area contributed by atoms with Crippen LogP contribution in [0.15, 0.2) is 30.3 Å². The molecule has 0 heterocycles. The van der Waals surface area contributed by atoms with Crippen LogP contribution in [0, 0.1) is 0 Å². The summed E-state index contributed by atoms with van der Waals surface area (Å²) in [6.45, 7) is 0.210. The summed E-state index contributed by atoms with van der Waals surface area (Å²) in [5.74, 6) is 0.714. The third-order valence-electron chi connectivity index (χ3n) is 1.45. The van der Waals surface area contributed by atoms with Gasteiger partial charge >= 0.3 is 0 Å². The molecule has 1 rings (SSSR count). The maximum absolute atomic E-state index is 8.46. The van der Waals surface area contributed by atoms with Gasteiger partial charge in [0.25, 0.3) is 4.38 Å². The first kappa shape index (κ1) is 13.2. The van der Waals surface area contributed by atoms with Crippen LogP contribution in [0.2, 0.25) is 0 Å². The van der Waals surface area contributed by atoms with Crippen molar-refractivity contribution in [3.8, 4) is 5.75 Å². The van der Waals surface area contributed by atoms with E-state index in [0.717, 1.165) is 12.0 Å². The van der Waals surface area contributed by atoms with Crippen molar-refractivity contribution in [1.29, 1.82) is 0 Å². The average Bonchev–Trinajstić information content (AvgIpc) is 2.31. The molecule has 88 valence electrons. The molecule has 0 aliphatic heterocycles. The molecule has 0 aromatic heterocycles. The van der Waals surface area contributed by atoms with Gasteiger partial charge in [-0.15, -0.1) is 0 Å². The molecular formula is C10H12O4S2. The van der Waals surface area contributed by atoms with Crippen molar-refractivity contribution in [2.45, 2.75) is 0 Å². The third-order valence-corrected chi connectivity index (χ3v) is 2.31. The summed E-state index contributed by atoms with van der Waals surface area (Å²) in [4.78, 5) is 0. The first-order valence-electron chi connectivity index (χ1n) is 4.58. The first-order chi connectivity index (χ1) is 7.83. The third kappa shape index (κ3) is 5.92. The molecule has 0 atom stereocenters. The van der Waals surface area contributed by atoms with Crippen LogP contribution < -0.4 is 4.74 Å². The molecule has 0 saturated carbocycles. The van der Waals surface area contributed by atoms with Gasteiger partial charge < -0.3 is 18.8 Å². The Balaban J connectivity index is 2.09. The van der Waals surface area contributed by atoms with E-state index in [4.69, 9.17) is 31.0 Å². The lowest BCUT2D eigenvalue weighted by Crippen LogP contribution is -2.06. The number of para-hydroxylation sites is 1. The minimum Gasteiger partial charge on any atom is -0.457 e. The van der Waals surface area contributed by atoms with Crippen molar-refractivity contribution in [1.82, 2.24) is 0 Å². The van der Waals surface area contributed by atoms with Crippen molar-refractivity contribution >= 4 is 28.6 Å². The molecule has 0 unspecified atom stereocenters. The Kier molecular flexibility index (Phi) is 6.91. The van der Waals surface area contributed by atoms with Gasteiger partial charge in [-0.1, -0.05) is 18.2 Å². The van der Waals surface area contributed by atoms with Crippen LogP contribution in [0.3, 0.4) is 0 Å². The highest BCUT2D eigenvalue weighted by Crippen LogP contribution is 2.10. The van der Waals surface area contributed by atoms with Gasteiger partial charge in [-0.25, -0.2) is 0 Å². The highest BCUT2D eigenvalue weighted by atomic mass is 32.2. The zero-order chi connectivity index (χ0) is 11.6. The van der Waals surface area contributed by atoms with Crippen LogP contribution in [0.25, 0.3) is 0 Å². The van der Waals surface area contributed by atoms with Crippen LogP contribution in [-0.4, -0.2) is 29.5 Å². The summed E-state index contributed by atoms with van der Waals surface area (Å²) in [7, 11) is 0. The molecule has 0 bridgehead atoms. The van der Waals surface area contributed by atoms with Crippen LogP contribution in [0.4, 0.5) is 0 Å². The van der Waals surface area contributed by atoms with E-state index in [1.807, 2.05) is 30.3 Å². The fourth-order valence-electron chi connectivity index (χ4n) is 0.813. The maximum Gasteiger partial charge on any atom is 0.250 e. The van der Waals surface area contributed by atoms with Crippen LogP contribution in [-0.2, 0) is 8.92 Å². The molecule has 0 amide bonds. The molecule has 4 nitrogen and oxygen atoms in total. The van der Waals surface area contributed by atoms with Crippen molar-refractivity contribution in [2.75, 3.05) is 20.0 Å². The molecule has 1 N–H and O–H groups in total. The zero-order valence-electron chi connectivity index (χ0n) is 8.50. The number of thiocarbonyl (C=S) groups is 1. The number of benzene rings is 1. The Morgan fingerprint density at radius 1 is 1.31 bits per heavy atom. The number of aliphatic hydroxyl groups excluding tert-OH is 1. The van der Waals surface area contributed by atoms with Crippen molar-refractivity contribution in [3.63, 3.8) is 0 Å². The van der Waals surface area contributed by atoms with Gasteiger partial charge in [0.15, 0.2) is 0 Å². The van der Waals surface area contributed by atoms with Crippen LogP contribution >= 0.6 is 24.3 Å². The van der Waals surface area contributed by atoms with Gasteiger partial charge in [0, 0.05) is 0 Å². The molecule has 0 aliphatic rings. The maximum atomic E-state index is 8.46. The monoisotopic (exact) mass is 260 g/mol. The lowest BCUT2D eigenvalue weighted by Gasteiger charge is -2.07. The highest BCUT2D eigenvalue weighted by Gasteiger charge is 2.00. The summed E-state index contributed by atoms with van der Waals surface area (Å²) >= 11 is 5.74. The average molecular weight is 260 g/mol. The van der Waals surface area contributed by atoms with E-state index >= 15 is 0 Å². The predicted molar refractivity (Wildman–Crippen MR) is 66.2 cm³/mol. The minimum atomic E-state index is -0.0455. The summed E-state index contributed by atoms with van der Waals surface area (Å²) in [6.07, 6.45) is 0. The Morgan fingerprint density at radius 2 is 2.06 bits per heavy atom. The molecule has 0 fully saturated rings. The van der Waals surface area contributed by atoms with E-state index in [1.165, 1.54) is 0 Å². The molecule has 6 heteroatoms. The Hall–Kier alpha value is -0.820. The van der Waals surface area contributed by atoms with Crippen LogP contribution in [0.1, 0.15) is 0 Å². The first-order valence-corrected chi connectivity index (χ1v) is 5.73. The second-order valence-electron chi connectivity index (χ2n) is 2.60. The van der Waals surface area contributed by atoms with E-state index < -0.39 is 0 Å². The van der Waals surface area contributed by atoms with Gasteiger partial charge in [-0.2, -0.15) is 0 Å². The predicted octanol–water partition coefficient (Wildman–Crippen LogP) is 1.98. The molecule has 0 aliphatic carbocycles. The number of hydrogen-bond acceptors (Lipinski definition) is 6. The number of hydrogen-bond donors (Lipinski definition) is 1. The van der Waals surface area contributed by atoms with E-state index in [-0.39, 0.29) is 24.4 Å². The lowest BCUT2D eigenvalue weighted by molar-refractivity contribution is 0.116. The fraction of sp³-hybridized carbons (Fsp3) is 0.300. The minimum absolute atomic E-state index is 0.0400. The highest BCUT2D eigenvalue weighted by molar-refractivity contribution is 8.19. The second-order valence-corrected chi connectivity index (χ2v) is 4.00. The van der Waals surface area contributed by atoms with E-state index in [0.29, 0.717) is 5.75 Å². The summed E-state index contributed by atoms with van der Waals surface area (Å²) in [5.41, 5.74) is 0. The zero-order valence-corrected chi connectivity index (χ0v) is 10.1. The summed E-state index contributed by atoms with van der Waals surface area (Å²) in [5, 5.41) is 8.46. The standard InChI is InChI=1S/C10H12O4S2/c11-6-7-14-16-10(15)13-8-12-9-4-2-1-3-5-9/h1-5,11H,6-8H2. The number of rotatable bonds is 6. The van der Waals surface area contributed by atoms with Crippen molar-refractivity contribution < 1.29 is 18.8 Å². The molecule has 0 spiro atoms. The molecule has 16 heavy (non-hydrogen) atoms. The van der Waals surface area contributed by atoms with Gasteiger partial charge in [-0.05, 0) is 24.4 Å². The summed E-state index contributed by atoms with van der Waals surface area (Å²) in [6, 6.07) is 9.28. The van der Waals surface area contributed by atoms with E-state index in [9.17, 15) is 0 Å². The lowest BCUT2D eigenvalue weighted by atomic mass is 10.3.